The molecule has 1 aliphatic heterocycles. The Balaban J connectivity index is 1.48. The van der Waals surface area contributed by atoms with Gasteiger partial charge < -0.3 is 5.32 Å². The van der Waals surface area contributed by atoms with E-state index in [1.165, 1.54) is 16.7 Å². The number of carbonyl (C=O) groups is 1. The van der Waals surface area contributed by atoms with Gasteiger partial charge in [-0.2, -0.15) is 0 Å². The molecule has 0 unspecified atom stereocenters. The van der Waals surface area contributed by atoms with E-state index in [4.69, 9.17) is 0 Å². The molecule has 1 saturated heterocycles. The van der Waals surface area contributed by atoms with Crippen LogP contribution in [0.2, 0.25) is 0 Å². The lowest BCUT2D eigenvalue weighted by molar-refractivity contribution is -0.117. The first-order valence-electron chi connectivity index (χ1n) is 9.46. The molecule has 1 aliphatic rings. The average Bonchev–Trinajstić information content (AvgIpc) is 2.84. The van der Waals surface area contributed by atoms with E-state index in [1.807, 2.05) is 12.1 Å². The zero-order valence-electron chi connectivity index (χ0n) is 15.9. The van der Waals surface area contributed by atoms with Crippen LogP contribution >= 0.6 is 0 Å². The molecule has 0 saturated carbocycles. The summed E-state index contributed by atoms with van der Waals surface area (Å²) in [5, 5.41) is 3.03. The van der Waals surface area contributed by atoms with Crippen molar-refractivity contribution in [1.29, 1.82) is 0 Å². The lowest BCUT2D eigenvalue weighted by atomic mass is 10.1. The molecule has 1 fully saturated rings. The van der Waals surface area contributed by atoms with Crippen molar-refractivity contribution in [2.24, 2.45) is 0 Å². The lowest BCUT2D eigenvalue weighted by Gasteiger charge is -2.21. The summed E-state index contributed by atoms with van der Waals surface area (Å²) in [6, 6.07) is 16.7. The maximum atomic E-state index is 12.4. The van der Waals surface area contributed by atoms with E-state index in [9.17, 15) is 4.79 Å². The van der Waals surface area contributed by atoms with Crippen molar-refractivity contribution in [2.45, 2.75) is 26.8 Å². The second kappa shape index (κ2) is 8.97. The van der Waals surface area contributed by atoms with Crippen molar-refractivity contribution in [3.63, 3.8) is 0 Å². The van der Waals surface area contributed by atoms with Gasteiger partial charge in [-0.25, -0.2) is 0 Å². The Bertz CT molecular complexity index is 729. The SMILES string of the molecule is Cc1ccc(NC(=O)CN2CCCN(Cc3ccccc3)CC2)cc1C. The molecule has 2 aromatic carbocycles. The van der Waals surface area contributed by atoms with Gasteiger partial charge in [-0.15, -0.1) is 0 Å². The summed E-state index contributed by atoms with van der Waals surface area (Å²) in [5.74, 6) is 0.0739. The van der Waals surface area contributed by atoms with Crippen LogP contribution in [-0.2, 0) is 11.3 Å². The fraction of sp³-hybridized carbons (Fsp3) is 0.409. The summed E-state index contributed by atoms with van der Waals surface area (Å²) in [6.07, 6.45) is 1.10. The number of aryl methyl sites for hydroxylation is 2. The third-order valence-corrected chi connectivity index (χ3v) is 5.09. The Morgan fingerprint density at radius 2 is 1.65 bits per heavy atom. The maximum Gasteiger partial charge on any atom is 0.238 e. The quantitative estimate of drug-likeness (QED) is 0.896. The number of anilines is 1. The highest BCUT2D eigenvalue weighted by Gasteiger charge is 2.17. The molecular weight excluding hydrogens is 322 g/mol. The molecule has 0 bridgehead atoms. The van der Waals surface area contributed by atoms with E-state index in [2.05, 4.69) is 65.4 Å². The molecule has 2 aromatic rings. The number of carbonyl (C=O) groups excluding carboxylic acids is 1. The predicted octanol–water partition coefficient (Wildman–Crippen LogP) is 3.45. The van der Waals surface area contributed by atoms with Crippen molar-refractivity contribution >= 4 is 11.6 Å². The van der Waals surface area contributed by atoms with Gasteiger partial charge in [0.15, 0.2) is 0 Å². The zero-order chi connectivity index (χ0) is 18.4. The summed E-state index contributed by atoms with van der Waals surface area (Å²) >= 11 is 0. The fourth-order valence-corrected chi connectivity index (χ4v) is 3.41. The van der Waals surface area contributed by atoms with Crippen LogP contribution < -0.4 is 5.32 Å². The summed E-state index contributed by atoms with van der Waals surface area (Å²) in [6.45, 7) is 9.62. The van der Waals surface area contributed by atoms with E-state index in [-0.39, 0.29) is 5.91 Å². The first-order valence-corrected chi connectivity index (χ1v) is 9.46. The first-order chi connectivity index (χ1) is 12.6. The van der Waals surface area contributed by atoms with Gasteiger partial charge in [0.2, 0.25) is 5.91 Å². The Kier molecular flexibility index (Phi) is 6.42. The molecule has 1 heterocycles. The largest absolute Gasteiger partial charge is 0.325 e. The standard InChI is InChI=1S/C22H29N3O/c1-18-9-10-21(15-19(18)2)23-22(26)17-25-12-6-11-24(13-14-25)16-20-7-4-3-5-8-20/h3-5,7-10,15H,6,11-14,16-17H2,1-2H3,(H,23,26). The van der Waals surface area contributed by atoms with E-state index >= 15 is 0 Å². The molecule has 4 heteroatoms. The van der Waals surface area contributed by atoms with Gasteiger partial charge in [0.25, 0.3) is 0 Å². The number of benzene rings is 2. The number of nitrogens with zero attached hydrogens (tertiary/aromatic N) is 2. The van der Waals surface area contributed by atoms with Crippen LogP contribution in [0.15, 0.2) is 48.5 Å². The maximum absolute atomic E-state index is 12.4. The molecule has 0 spiro atoms. The highest BCUT2D eigenvalue weighted by Crippen LogP contribution is 2.14. The van der Waals surface area contributed by atoms with Gasteiger partial charge in [0.1, 0.15) is 0 Å². The number of nitrogens with one attached hydrogen (secondary N) is 1. The molecular formula is C22H29N3O. The second-order valence-electron chi connectivity index (χ2n) is 7.24. The molecule has 4 nitrogen and oxygen atoms in total. The molecule has 0 aromatic heterocycles. The average molecular weight is 351 g/mol. The third-order valence-electron chi connectivity index (χ3n) is 5.09. The van der Waals surface area contributed by atoms with Gasteiger partial charge in [-0.05, 0) is 62.2 Å². The minimum absolute atomic E-state index is 0.0739. The fourth-order valence-electron chi connectivity index (χ4n) is 3.41. The van der Waals surface area contributed by atoms with Crippen molar-refractivity contribution in [3.05, 3.63) is 65.2 Å². The molecule has 1 amide bonds. The Hall–Kier alpha value is -2.17. The van der Waals surface area contributed by atoms with Crippen molar-refractivity contribution in [2.75, 3.05) is 38.0 Å². The topological polar surface area (TPSA) is 35.6 Å². The molecule has 3 rings (SSSR count). The van der Waals surface area contributed by atoms with Gasteiger partial charge in [-0.3, -0.25) is 14.6 Å². The van der Waals surface area contributed by atoms with Crippen LogP contribution in [-0.4, -0.2) is 48.4 Å². The number of hydrogen-bond acceptors (Lipinski definition) is 3. The summed E-state index contributed by atoms with van der Waals surface area (Å²) in [7, 11) is 0. The monoisotopic (exact) mass is 351 g/mol. The summed E-state index contributed by atoms with van der Waals surface area (Å²) in [4.78, 5) is 17.1. The minimum Gasteiger partial charge on any atom is -0.325 e. The van der Waals surface area contributed by atoms with Crippen LogP contribution in [0.3, 0.4) is 0 Å². The highest BCUT2D eigenvalue weighted by atomic mass is 16.2. The minimum atomic E-state index is 0.0739. The van der Waals surface area contributed by atoms with Crippen LogP contribution in [0.1, 0.15) is 23.1 Å². The van der Waals surface area contributed by atoms with Crippen molar-refractivity contribution in [1.82, 2.24) is 9.80 Å². The van der Waals surface area contributed by atoms with Crippen molar-refractivity contribution in [3.8, 4) is 0 Å². The molecule has 0 atom stereocenters. The lowest BCUT2D eigenvalue weighted by Crippen LogP contribution is -2.36. The molecule has 1 N–H and O–H groups in total. The third kappa shape index (κ3) is 5.41. The van der Waals surface area contributed by atoms with Crippen LogP contribution in [0.25, 0.3) is 0 Å². The van der Waals surface area contributed by atoms with Crippen LogP contribution in [0.4, 0.5) is 5.69 Å². The van der Waals surface area contributed by atoms with Gasteiger partial charge in [0, 0.05) is 25.3 Å². The number of hydrogen-bond donors (Lipinski definition) is 1. The summed E-state index contributed by atoms with van der Waals surface area (Å²) in [5.41, 5.74) is 4.69. The van der Waals surface area contributed by atoms with Gasteiger partial charge in [-0.1, -0.05) is 36.4 Å². The predicted molar refractivity (Wildman–Crippen MR) is 107 cm³/mol. The molecule has 0 aliphatic carbocycles. The normalized spacial score (nSPS) is 16.2. The van der Waals surface area contributed by atoms with E-state index in [0.29, 0.717) is 6.54 Å². The second-order valence-corrected chi connectivity index (χ2v) is 7.24. The summed E-state index contributed by atoms with van der Waals surface area (Å²) < 4.78 is 0. The van der Waals surface area contributed by atoms with Crippen LogP contribution in [0.5, 0.6) is 0 Å². The molecule has 138 valence electrons. The Labute approximate surface area is 156 Å². The highest BCUT2D eigenvalue weighted by molar-refractivity contribution is 5.92. The Morgan fingerprint density at radius 1 is 0.923 bits per heavy atom. The smallest absolute Gasteiger partial charge is 0.238 e. The van der Waals surface area contributed by atoms with Crippen LogP contribution in [0, 0.1) is 13.8 Å². The van der Waals surface area contributed by atoms with E-state index in [1.54, 1.807) is 0 Å². The van der Waals surface area contributed by atoms with Gasteiger partial charge in [0.05, 0.1) is 6.54 Å². The van der Waals surface area contributed by atoms with E-state index in [0.717, 1.165) is 44.8 Å². The Morgan fingerprint density at radius 3 is 2.42 bits per heavy atom. The molecule has 0 radical (unpaired) electrons. The van der Waals surface area contributed by atoms with Gasteiger partial charge >= 0.3 is 0 Å². The first kappa shape index (κ1) is 18.6. The number of amides is 1. The number of rotatable bonds is 5. The van der Waals surface area contributed by atoms with E-state index < -0.39 is 0 Å². The van der Waals surface area contributed by atoms with Crippen molar-refractivity contribution < 1.29 is 4.79 Å². The zero-order valence-corrected chi connectivity index (χ0v) is 15.9. The molecule has 26 heavy (non-hydrogen) atoms.